The van der Waals surface area contributed by atoms with Crippen LogP contribution < -0.4 is 10.6 Å². The third kappa shape index (κ3) is 4.07. The fourth-order valence-electron chi connectivity index (χ4n) is 1.75. The molecule has 1 amide bonds. The van der Waals surface area contributed by atoms with Crippen molar-refractivity contribution in [3.05, 3.63) is 35.4 Å². The Hall–Kier alpha value is -1.34. The van der Waals surface area contributed by atoms with E-state index in [0.717, 1.165) is 12.1 Å². The fourth-order valence-corrected chi connectivity index (χ4v) is 2.23. The second kappa shape index (κ2) is 6.62. The average Bonchev–Trinajstić information content (AvgIpc) is 2.43. The summed E-state index contributed by atoms with van der Waals surface area (Å²) >= 11 is 0. The topological polar surface area (TPSA) is 98.7 Å². The molecule has 4 N–H and O–H groups in total. The smallest absolute Gasteiger partial charge is 0.358 e. The highest BCUT2D eigenvalue weighted by atomic mass is 31.2. The molecule has 1 atom stereocenters. The van der Waals surface area contributed by atoms with Crippen LogP contribution in [0, 0.1) is 0 Å². The second-order valence-electron chi connectivity index (χ2n) is 4.44. The van der Waals surface area contributed by atoms with Crippen molar-refractivity contribution in [2.24, 2.45) is 0 Å². The van der Waals surface area contributed by atoms with Gasteiger partial charge < -0.3 is 20.4 Å². The number of carbonyl (C=O) groups is 1. The number of rotatable bonds is 6. The van der Waals surface area contributed by atoms with E-state index in [9.17, 15) is 18.1 Å². The molecule has 0 saturated heterocycles. The number of benzene rings is 1. The molecule has 1 aromatic carbocycles. The maximum atomic E-state index is 13.5. The Labute approximate surface area is 120 Å². The van der Waals surface area contributed by atoms with Gasteiger partial charge in [0, 0.05) is 12.6 Å². The number of alkyl halides is 2. The van der Waals surface area contributed by atoms with E-state index in [1.165, 1.54) is 19.2 Å². The van der Waals surface area contributed by atoms with Crippen molar-refractivity contribution in [3.8, 4) is 0 Å². The molecule has 0 aliphatic heterocycles. The molecule has 118 valence electrons. The third-order valence-corrected chi connectivity index (χ3v) is 4.01. The van der Waals surface area contributed by atoms with Crippen LogP contribution in [0.15, 0.2) is 24.3 Å². The Kier molecular flexibility index (Phi) is 5.58. The van der Waals surface area contributed by atoms with Gasteiger partial charge in [-0.15, -0.1) is 0 Å². The molecule has 0 aliphatic rings. The van der Waals surface area contributed by atoms with Crippen molar-refractivity contribution in [2.45, 2.75) is 18.1 Å². The maximum Gasteiger partial charge on any atom is 0.399 e. The molecular formula is C12H17F2N2O4P. The first kappa shape index (κ1) is 17.7. The Morgan fingerprint density at radius 3 is 2.19 bits per heavy atom. The van der Waals surface area contributed by atoms with E-state index in [2.05, 4.69) is 10.6 Å². The van der Waals surface area contributed by atoms with Crippen molar-refractivity contribution in [1.82, 2.24) is 10.6 Å². The van der Waals surface area contributed by atoms with Crippen LogP contribution in [-0.4, -0.2) is 35.8 Å². The number of hydrogen-bond donors (Lipinski definition) is 4. The molecule has 21 heavy (non-hydrogen) atoms. The normalized spacial score (nSPS) is 13.8. The first-order chi connectivity index (χ1) is 9.63. The molecular weight excluding hydrogens is 305 g/mol. The number of nitrogens with one attached hydrogen (secondary N) is 2. The minimum Gasteiger partial charge on any atom is -0.358 e. The Morgan fingerprint density at radius 1 is 1.29 bits per heavy atom. The van der Waals surface area contributed by atoms with E-state index in [1.54, 1.807) is 7.05 Å². The monoisotopic (exact) mass is 322 g/mol. The summed E-state index contributed by atoms with van der Waals surface area (Å²) in [6.45, 7) is 0. The molecule has 0 heterocycles. The second-order valence-corrected chi connectivity index (χ2v) is 6.09. The molecule has 1 unspecified atom stereocenters. The maximum absolute atomic E-state index is 13.5. The summed E-state index contributed by atoms with van der Waals surface area (Å²) in [5.74, 6) is -0.248. The van der Waals surface area contributed by atoms with Gasteiger partial charge in [-0.3, -0.25) is 9.36 Å². The van der Waals surface area contributed by atoms with E-state index in [4.69, 9.17) is 9.79 Å². The van der Waals surface area contributed by atoms with Gasteiger partial charge >= 0.3 is 13.3 Å². The van der Waals surface area contributed by atoms with Crippen molar-refractivity contribution in [2.75, 3.05) is 14.1 Å². The number of amides is 1. The van der Waals surface area contributed by atoms with Crippen molar-refractivity contribution < 1.29 is 27.9 Å². The average molecular weight is 322 g/mol. The molecule has 0 saturated carbocycles. The predicted octanol–water partition coefficient (Wildman–Crippen LogP) is 0.790. The summed E-state index contributed by atoms with van der Waals surface area (Å²) in [7, 11) is -2.49. The lowest BCUT2D eigenvalue weighted by molar-refractivity contribution is -0.122. The molecule has 9 heteroatoms. The summed E-state index contributed by atoms with van der Waals surface area (Å²) in [5, 5.41) is 5.25. The van der Waals surface area contributed by atoms with Crippen LogP contribution in [0.1, 0.15) is 11.1 Å². The number of carbonyl (C=O) groups excluding carboxylic acids is 1. The van der Waals surface area contributed by atoms with Gasteiger partial charge in [0.05, 0.1) is 6.04 Å². The van der Waals surface area contributed by atoms with E-state index in [-0.39, 0.29) is 12.3 Å². The highest BCUT2D eigenvalue weighted by Gasteiger charge is 2.50. The molecule has 1 rings (SSSR count). The van der Waals surface area contributed by atoms with Gasteiger partial charge in [0.1, 0.15) is 0 Å². The highest BCUT2D eigenvalue weighted by Crippen LogP contribution is 2.59. The van der Waals surface area contributed by atoms with Gasteiger partial charge in [0.25, 0.3) is 0 Å². The van der Waals surface area contributed by atoms with Crippen LogP contribution in [-0.2, 0) is 21.4 Å². The summed E-state index contributed by atoms with van der Waals surface area (Å²) < 4.78 is 37.7. The van der Waals surface area contributed by atoms with Gasteiger partial charge in [-0.05, 0) is 19.0 Å². The van der Waals surface area contributed by atoms with Crippen LogP contribution in [0.25, 0.3) is 0 Å². The molecule has 0 spiro atoms. The summed E-state index contributed by atoms with van der Waals surface area (Å²) in [6.07, 6.45) is 0.262. The van der Waals surface area contributed by atoms with Crippen LogP contribution in [0.3, 0.4) is 0 Å². The van der Waals surface area contributed by atoms with Crippen LogP contribution in [0.4, 0.5) is 8.78 Å². The van der Waals surface area contributed by atoms with Gasteiger partial charge in [-0.25, -0.2) is 0 Å². The van der Waals surface area contributed by atoms with E-state index < -0.39 is 24.9 Å². The largest absolute Gasteiger partial charge is 0.399 e. The summed E-state index contributed by atoms with van der Waals surface area (Å²) in [5.41, 5.74) is -4.40. The molecule has 1 aromatic rings. The highest BCUT2D eigenvalue weighted by molar-refractivity contribution is 7.52. The molecule has 0 radical (unpaired) electrons. The molecule has 0 aliphatic carbocycles. The fraction of sp³-hybridized carbons (Fsp3) is 0.417. The standard InChI is InChI=1S/C12H17F2N2O4P/c1-15-10(11(17)16-2)7-8-3-5-9(6-4-8)12(13,14)21(18,19)20/h3-6,10,15H,7H2,1-2H3,(H,16,17)(H2,18,19,20). The Morgan fingerprint density at radius 2 is 1.81 bits per heavy atom. The molecule has 6 nitrogen and oxygen atoms in total. The quantitative estimate of drug-likeness (QED) is 0.581. The van der Waals surface area contributed by atoms with Gasteiger partial charge in [0.15, 0.2) is 0 Å². The van der Waals surface area contributed by atoms with Crippen LogP contribution >= 0.6 is 7.60 Å². The van der Waals surface area contributed by atoms with Crippen LogP contribution in [0.5, 0.6) is 0 Å². The lowest BCUT2D eigenvalue weighted by atomic mass is 10.0. The number of hydrogen-bond acceptors (Lipinski definition) is 3. The summed E-state index contributed by atoms with van der Waals surface area (Å²) in [6, 6.07) is 4.00. The molecule has 0 aromatic heterocycles. The first-order valence-corrected chi connectivity index (χ1v) is 7.66. The van der Waals surface area contributed by atoms with Crippen molar-refractivity contribution in [3.63, 3.8) is 0 Å². The number of halogens is 2. The Balaban J connectivity index is 2.93. The van der Waals surface area contributed by atoms with E-state index in [1.807, 2.05) is 0 Å². The molecule has 0 bridgehead atoms. The van der Waals surface area contributed by atoms with Crippen molar-refractivity contribution in [1.29, 1.82) is 0 Å². The predicted molar refractivity (Wildman–Crippen MR) is 73.0 cm³/mol. The lowest BCUT2D eigenvalue weighted by Gasteiger charge is -2.19. The van der Waals surface area contributed by atoms with Crippen LogP contribution in [0.2, 0.25) is 0 Å². The zero-order valence-corrected chi connectivity index (χ0v) is 12.4. The summed E-state index contributed by atoms with van der Waals surface area (Å²) in [4.78, 5) is 28.8. The minimum atomic E-state index is -5.57. The lowest BCUT2D eigenvalue weighted by Crippen LogP contribution is -2.42. The zero-order valence-electron chi connectivity index (χ0n) is 11.5. The number of likely N-dealkylation sites (N-methyl/N-ethyl adjacent to an activating group) is 2. The molecule has 0 fully saturated rings. The van der Waals surface area contributed by atoms with Crippen molar-refractivity contribution >= 4 is 13.5 Å². The van der Waals surface area contributed by atoms with Gasteiger partial charge in [-0.2, -0.15) is 8.78 Å². The zero-order chi connectivity index (χ0) is 16.3. The van der Waals surface area contributed by atoms with Gasteiger partial charge in [-0.1, -0.05) is 24.3 Å². The SMILES string of the molecule is CNC(=O)C(Cc1ccc(C(F)(F)P(=O)(O)O)cc1)NC. The first-order valence-electron chi connectivity index (χ1n) is 6.05. The van der Waals surface area contributed by atoms with E-state index >= 15 is 0 Å². The van der Waals surface area contributed by atoms with E-state index in [0.29, 0.717) is 5.56 Å². The Bertz CT molecular complexity index is 545. The third-order valence-electron chi connectivity index (χ3n) is 3.02. The van der Waals surface area contributed by atoms with Gasteiger partial charge in [0.2, 0.25) is 5.91 Å². The minimum absolute atomic E-state index is 0.248.